The van der Waals surface area contributed by atoms with Gasteiger partial charge in [-0.1, -0.05) is 90.8 Å². The van der Waals surface area contributed by atoms with Crippen LogP contribution in [-0.2, 0) is 33.6 Å². The maximum absolute atomic E-state index is 12.6. The van der Waals surface area contributed by atoms with Crippen molar-refractivity contribution in [3.05, 3.63) is 64.7 Å². The summed E-state index contributed by atoms with van der Waals surface area (Å²) in [6.07, 6.45) is 1.48. The van der Waals surface area contributed by atoms with Gasteiger partial charge in [-0.15, -0.1) is 0 Å². The average molecular weight is 571 g/mol. The third-order valence-corrected chi connectivity index (χ3v) is 5.29. The molecule has 0 heterocycles. The number of Topliss-reactive ketones (excluding diaryl/α,β-unsaturated/α-hetero) is 1. The van der Waals surface area contributed by atoms with Gasteiger partial charge < -0.3 is 19.1 Å². The Morgan fingerprint density at radius 2 is 1.25 bits per heavy atom. The predicted octanol–water partition coefficient (Wildman–Crippen LogP) is 9.55. The summed E-state index contributed by atoms with van der Waals surface area (Å²) in [6, 6.07) is 13.3. The number of hydrogen-bond donors (Lipinski definition) is 0. The second kappa shape index (κ2) is 29.0. The van der Waals surface area contributed by atoms with Gasteiger partial charge in [0.1, 0.15) is 25.1 Å². The van der Waals surface area contributed by atoms with E-state index in [4.69, 9.17) is 14.3 Å². The van der Waals surface area contributed by atoms with E-state index in [-0.39, 0.29) is 12.2 Å². The fraction of sp³-hybridized carbons (Fsp3) is 0.545. The van der Waals surface area contributed by atoms with E-state index in [1.807, 2.05) is 33.5 Å². The van der Waals surface area contributed by atoms with Crippen molar-refractivity contribution in [2.45, 2.75) is 113 Å². The van der Waals surface area contributed by atoms with E-state index in [0.717, 1.165) is 37.2 Å². The number of carbonyl (C=O) groups excluding carboxylic acids is 3. The molecule has 1 unspecified atom stereocenters. The second-order valence-corrected chi connectivity index (χ2v) is 8.59. The third-order valence-electron chi connectivity index (χ3n) is 5.29. The molecule has 0 aliphatic heterocycles. The standard InChI is InChI=1S/C12H15F3.C12H18O.C4H10.C3H6O.2CH2O/c1-3-9-6-5-7-10(8-9)11(4-2)12(13,14)15;1-4-10-7-8-11(5-2)12(9-10)13-6-3;1-3-4-2;1-3(2)4;2*1-2/h5-8,11H,3-4H2,1-2H3;7-9H,4-6H2,1-3H3;3-4H2,1-2H3;1-2H3;2*1H2. The first-order valence-corrected chi connectivity index (χ1v) is 13.9. The fourth-order valence-corrected chi connectivity index (χ4v) is 3.09. The lowest BCUT2D eigenvalue weighted by Gasteiger charge is -2.19. The van der Waals surface area contributed by atoms with E-state index in [1.54, 1.807) is 25.1 Å². The van der Waals surface area contributed by atoms with Crippen molar-refractivity contribution in [1.29, 1.82) is 0 Å². The van der Waals surface area contributed by atoms with Gasteiger partial charge in [-0.05, 0) is 74.8 Å². The normalized spacial score (nSPS) is 10.1. The monoisotopic (exact) mass is 570 g/mol. The van der Waals surface area contributed by atoms with Crippen molar-refractivity contribution in [2.24, 2.45) is 0 Å². The summed E-state index contributed by atoms with van der Waals surface area (Å²) in [5, 5.41) is 0. The molecule has 2 aromatic carbocycles. The molecule has 2 rings (SSSR count). The van der Waals surface area contributed by atoms with Crippen LogP contribution in [0.3, 0.4) is 0 Å². The third kappa shape index (κ3) is 23.0. The van der Waals surface area contributed by atoms with E-state index < -0.39 is 12.1 Å². The zero-order valence-corrected chi connectivity index (χ0v) is 26.2. The Hall–Kier alpha value is -2.96. The quantitative estimate of drug-likeness (QED) is 0.317. The van der Waals surface area contributed by atoms with Crippen LogP contribution in [0.5, 0.6) is 5.75 Å². The lowest BCUT2D eigenvalue weighted by atomic mass is 9.94. The maximum atomic E-state index is 12.6. The van der Waals surface area contributed by atoms with Gasteiger partial charge in [0.2, 0.25) is 0 Å². The molecule has 0 aromatic heterocycles. The Bertz CT molecular complexity index is 859. The van der Waals surface area contributed by atoms with Crippen LogP contribution in [0.2, 0.25) is 0 Å². The number of halogens is 3. The van der Waals surface area contributed by atoms with Crippen LogP contribution < -0.4 is 4.74 Å². The molecule has 4 nitrogen and oxygen atoms in total. The lowest BCUT2D eigenvalue weighted by molar-refractivity contribution is -0.151. The van der Waals surface area contributed by atoms with E-state index in [2.05, 4.69) is 45.9 Å². The number of benzene rings is 2. The molecular formula is C33H53F3O4. The Morgan fingerprint density at radius 3 is 1.60 bits per heavy atom. The van der Waals surface area contributed by atoms with Crippen LogP contribution in [0.4, 0.5) is 13.2 Å². The molecule has 0 bridgehead atoms. The van der Waals surface area contributed by atoms with Crippen molar-refractivity contribution in [1.82, 2.24) is 0 Å². The number of rotatable bonds is 8. The summed E-state index contributed by atoms with van der Waals surface area (Å²) < 4.78 is 43.5. The SMILES string of the molecule is C=O.C=O.CC(C)=O.CCCC.CCOc1cc(CC)ccc1CC.CCc1cccc(C(CC)C(F)(F)F)c1. The molecule has 1 atom stereocenters. The van der Waals surface area contributed by atoms with E-state index in [1.165, 1.54) is 37.8 Å². The minimum atomic E-state index is -4.14. The van der Waals surface area contributed by atoms with Crippen LogP contribution in [0, 0.1) is 0 Å². The molecule has 0 saturated carbocycles. The van der Waals surface area contributed by atoms with E-state index in [0.29, 0.717) is 5.56 Å². The Morgan fingerprint density at radius 1 is 0.775 bits per heavy atom. The highest BCUT2D eigenvalue weighted by atomic mass is 19.4. The highest BCUT2D eigenvalue weighted by Gasteiger charge is 2.39. The molecule has 0 saturated heterocycles. The first-order valence-electron chi connectivity index (χ1n) is 13.9. The van der Waals surface area contributed by atoms with Gasteiger partial charge in [0, 0.05) is 0 Å². The van der Waals surface area contributed by atoms with Gasteiger partial charge in [-0.25, -0.2) is 0 Å². The number of hydrogen-bond acceptors (Lipinski definition) is 4. The molecular weight excluding hydrogens is 517 g/mol. The summed E-state index contributed by atoms with van der Waals surface area (Å²) in [6.45, 7) is 22.0. The molecule has 40 heavy (non-hydrogen) atoms. The Labute approximate surface area is 241 Å². The van der Waals surface area contributed by atoms with Crippen LogP contribution in [-0.4, -0.2) is 32.1 Å². The van der Waals surface area contributed by atoms with Gasteiger partial charge in [0.15, 0.2) is 0 Å². The van der Waals surface area contributed by atoms with E-state index >= 15 is 0 Å². The van der Waals surface area contributed by atoms with Gasteiger partial charge >= 0.3 is 6.18 Å². The molecule has 0 N–H and O–H groups in total. The zero-order valence-electron chi connectivity index (χ0n) is 26.2. The number of unbranched alkanes of at least 4 members (excludes halogenated alkanes) is 1. The number of ether oxygens (including phenoxy) is 1. The maximum Gasteiger partial charge on any atom is 0.395 e. The first-order chi connectivity index (χ1) is 18.9. The van der Waals surface area contributed by atoms with Crippen LogP contribution in [0.25, 0.3) is 0 Å². The summed E-state index contributed by atoms with van der Waals surface area (Å²) in [5.41, 5.74) is 3.99. The predicted molar refractivity (Wildman–Crippen MR) is 162 cm³/mol. The van der Waals surface area contributed by atoms with Gasteiger partial charge in [0.25, 0.3) is 0 Å². The number of alkyl halides is 3. The highest BCUT2D eigenvalue weighted by molar-refractivity contribution is 5.72. The molecule has 0 fully saturated rings. The average Bonchev–Trinajstić information content (AvgIpc) is 2.95. The summed E-state index contributed by atoms with van der Waals surface area (Å²) >= 11 is 0. The molecule has 0 radical (unpaired) electrons. The second-order valence-electron chi connectivity index (χ2n) is 8.59. The van der Waals surface area contributed by atoms with Crippen LogP contribution in [0.1, 0.15) is 110 Å². The summed E-state index contributed by atoms with van der Waals surface area (Å²) in [4.78, 5) is 25.4. The molecule has 0 amide bonds. The highest BCUT2D eigenvalue weighted by Crippen LogP contribution is 2.37. The largest absolute Gasteiger partial charge is 0.494 e. The minimum absolute atomic E-state index is 0.0939. The van der Waals surface area contributed by atoms with Gasteiger partial charge in [-0.3, -0.25) is 0 Å². The van der Waals surface area contributed by atoms with Crippen molar-refractivity contribution in [3.8, 4) is 5.75 Å². The van der Waals surface area contributed by atoms with Crippen molar-refractivity contribution >= 4 is 19.4 Å². The topological polar surface area (TPSA) is 60.4 Å². The van der Waals surface area contributed by atoms with Crippen molar-refractivity contribution in [2.75, 3.05) is 6.61 Å². The van der Waals surface area contributed by atoms with Crippen LogP contribution >= 0.6 is 0 Å². The Balaban J connectivity index is -0.000000234. The number of ketones is 1. The Kier molecular flexibility index (Phi) is 32.0. The lowest BCUT2D eigenvalue weighted by Crippen LogP contribution is -2.20. The van der Waals surface area contributed by atoms with Crippen molar-refractivity contribution in [3.63, 3.8) is 0 Å². The molecule has 7 heteroatoms. The molecule has 0 spiro atoms. The summed E-state index contributed by atoms with van der Waals surface area (Å²) in [7, 11) is 0. The minimum Gasteiger partial charge on any atom is -0.494 e. The molecule has 0 aliphatic rings. The van der Waals surface area contributed by atoms with Crippen LogP contribution in [0.15, 0.2) is 42.5 Å². The molecule has 230 valence electrons. The smallest absolute Gasteiger partial charge is 0.395 e. The van der Waals surface area contributed by atoms with Gasteiger partial charge in [0.05, 0.1) is 12.5 Å². The number of carbonyl (C=O) groups is 3. The molecule has 0 aliphatic carbocycles. The summed E-state index contributed by atoms with van der Waals surface area (Å²) in [5.74, 6) is -0.103. The zero-order chi connectivity index (χ0) is 32.1. The van der Waals surface area contributed by atoms with Crippen molar-refractivity contribution < 1.29 is 32.3 Å². The number of aryl methyl sites for hydroxylation is 3. The first kappa shape index (κ1) is 44.1. The molecule has 2 aromatic rings. The van der Waals surface area contributed by atoms with E-state index in [9.17, 15) is 18.0 Å². The van der Waals surface area contributed by atoms with Gasteiger partial charge in [-0.2, -0.15) is 13.2 Å². The fourth-order valence-electron chi connectivity index (χ4n) is 3.09.